The van der Waals surface area contributed by atoms with E-state index < -0.39 is 0 Å². The average Bonchev–Trinajstić information content (AvgIpc) is 2.96. The second-order valence-electron chi connectivity index (χ2n) is 7.02. The maximum Gasteiger partial charge on any atom is 0.231 e. The fourth-order valence-electron chi connectivity index (χ4n) is 3.65. The molecule has 3 aromatic rings. The summed E-state index contributed by atoms with van der Waals surface area (Å²) in [5.41, 5.74) is 4.93. The van der Waals surface area contributed by atoms with Gasteiger partial charge in [0.15, 0.2) is 0 Å². The average molecular weight is 429 g/mol. The van der Waals surface area contributed by atoms with Crippen molar-refractivity contribution in [2.75, 3.05) is 20.0 Å². The Morgan fingerprint density at radius 2 is 1.60 bits per heavy atom. The molecule has 0 amide bonds. The first-order valence-corrected chi connectivity index (χ1v) is 11.6. The van der Waals surface area contributed by atoms with Crippen LogP contribution in [0.2, 0.25) is 0 Å². The highest BCUT2D eigenvalue weighted by Crippen LogP contribution is 2.31. The Hall–Kier alpha value is -2.10. The van der Waals surface area contributed by atoms with E-state index >= 15 is 0 Å². The molecule has 2 heterocycles. The number of carbonyl (C=O) groups is 1. The topological polar surface area (TPSA) is 25.2 Å². The lowest BCUT2D eigenvalue weighted by Crippen LogP contribution is -2.17. The minimum Gasteiger partial charge on any atom is -0.302 e. The van der Waals surface area contributed by atoms with Crippen LogP contribution >= 0.6 is 11.6 Å². The molecule has 0 radical (unpaired) electrons. The van der Waals surface area contributed by atoms with Gasteiger partial charge in [-0.2, -0.15) is 0 Å². The minimum atomic E-state index is 0.213. The van der Waals surface area contributed by atoms with Gasteiger partial charge >= 0.3 is 0 Å². The molecule has 0 aliphatic carbocycles. The standard InChI is InChI=1S/C17H22N2O.C6H6.C2H6.CH3Cl/c1-4-17(20)19-15-6-5-9-18(3)11-14(15)13-10-12(2)7-8-16(13)19;1-2-4-6-5-3-1;2*1-2/h7-8,10H,4-6,9,11H2,1-3H3;1-6H;1-2H3;1H3. The van der Waals surface area contributed by atoms with Crippen molar-refractivity contribution in [1.29, 1.82) is 0 Å². The number of rotatable bonds is 1. The van der Waals surface area contributed by atoms with Crippen molar-refractivity contribution < 1.29 is 4.79 Å². The summed E-state index contributed by atoms with van der Waals surface area (Å²) < 4.78 is 1.98. The van der Waals surface area contributed by atoms with Crippen molar-refractivity contribution in [3.8, 4) is 0 Å². The van der Waals surface area contributed by atoms with Crippen LogP contribution in [0.3, 0.4) is 0 Å². The molecule has 3 nitrogen and oxygen atoms in total. The highest BCUT2D eigenvalue weighted by atomic mass is 35.5. The van der Waals surface area contributed by atoms with Crippen molar-refractivity contribution in [2.45, 2.75) is 53.5 Å². The van der Waals surface area contributed by atoms with Crippen LogP contribution in [0.15, 0.2) is 54.6 Å². The predicted octanol–water partition coefficient (Wildman–Crippen LogP) is 6.95. The maximum absolute atomic E-state index is 12.4. The fraction of sp³-hybridized carbons (Fsp3) is 0.423. The van der Waals surface area contributed by atoms with E-state index in [1.54, 1.807) is 0 Å². The number of nitrogens with zero attached hydrogens (tertiary/aromatic N) is 2. The van der Waals surface area contributed by atoms with E-state index in [1.165, 1.54) is 28.6 Å². The number of hydrogen-bond donors (Lipinski definition) is 0. The monoisotopic (exact) mass is 428 g/mol. The van der Waals surface area contributed by atoms with Gasteiger partial charge in [0.1, 0.15) is 0 Å². The van der Waals surface area contributed by atoms with Crippen molar-refractivity contribution in [3.63, 3.8) is 0 Å². The zero-order valence-electron chi connectivity index (χ0n) is 19.4. The van der Waals surface area contributed by atoms with E-state index in [4.69, 9.17) is 0 Å². The third-order valence-corrected chi connectivity index (χ3v) is 4.94. The molecule has 1 aliphatic heterocycles. The van der Waals surface area contributed by atoms with Crippen LogP contribution in [0.4, 0.5) is 0 Å². The number of aromatic nitrogens is 1. The third kappa shape index (κ3) is 6.72. The van der Waals surface area contributed by atoms with Crippen molar-refractivity contribution in [3.05, 3.63) is 71.4 Å². The molecule has 0 fully saturated rings. The molecule has 0 atom stereocenters. The van der Waals surface area contributed by atoms with E-state index in [0.717, 1.165) is 31.4 Å². The summed E-state index contributed by atoms with van der Waals surface area (Å²) in [5, 5.41) is 1.26. The van der Waals surface area contributed by atoms with Gasteiger partial charge in [-0.25, -0.2) is 0 Å². The summed E-state index contributed by atoms with van der Waals surface area (Å²) in [6, 6.07) is 18.4. The number of fused-ring (bicyclic) bond motifs is 3. The van der Waals surface area contributed by atoms with Crippen LogP contribution in [-0.2, 0) is 13.0 Å². The highest BCUT2D eigenvalue weighted by Gasteiger charge is 2.23. The van der Waals surface area contributed by atoms with Crippen molar-refractivity contribution >= 4 is 28.4 Å². The molecule has 2 aromatic carbocycles. The number of aryl methyl sites for hydroxylation is 1. The normalized spacial score (nSPS) is 12.8. The largest absolute Gasteiger partial charge is 0.302 e. The Kier molecular flexibility index (Phi) is 12.1. The predicted molar refractivity (Wildman–Crippen MR) is 132 cm³/mol. The molecule has 4 rings (SSSR count). The molecule has 0 spiro atoms. The van der Waals surface area contributed by atoms with Crippen LogP contribution in [0, 0.1) is 6.92 Å². The first kappa shape index (κ1) is 25.9. The lowest BCUT2D eigenvalue weighted by Gasteiger charge is -2.12. The Balaban J connectivity index is 0.000000378. The first-order valence-electron chi connectivity index (χ1n) is 10.8. The van der Waals surface area contributed by atoms with Gasteiger partial charge < -0.3 is 4.90 Å². The Labute approximate surface area is 187 Å². The van der Waals surface area contributed by atoms with Crippen LogP contribution < -0.4 is 0 Å². The van der Waals surface area contributed by atoms with Crippen LogP contribution in [0.1, 0.15) is 55.2 Å². The van der Waals surface area contributed by atoms with E-state index in [2.05, 4.69) is 48.7 Å². The maximum atomic E-state index is 12.4. The first-order chi connectivity index (χ1) is 14.6. The van der Waals surface area contributed by atoms with Gasteiger partial charge in [0, 0.05) is 30.4 Å². The Morgan fingerprint density at radius 3 is 2.13 bits per heavy atom. The molecule has 30 heavy (non-hydrogen) atoms. The molecule has 0 unspecified atom stereocenters. The van der Waals surface area contributed by atoms with Gasteiger partial charge in [-0.3, -0.25) is 9.36 Å². The lowest BCUT2D eigenvalue weighted by molar-refractivity contribution is 0.0911. The number of alkyl halides is 1. The smallest absolute Gasteiger partial charge is 0.231 e. The van der Waals surface area contributed by atoms with E-state index in [0.29, 0.717) is 6.42 Å². The van der Waals surface area contributed by atoms with Crippen LogP contribution in [0.25, 0.3) is 10.9 Å². The molecular weight excluding hydrogens is 392 g/mol. The zero-order chi connectivity index (χ0) is 22.5. The number of carbonyl (C=O) groups excluding carboxylic acids is 1. The summed E-state index contributed by atoms with van der Waals surface area (Å²) in [7, 11) is 2.16. The molecule has 0 N–H and O–H groups in total. The van der Waals surface area contributed by atoms with Crippen LogP contribution in [0.5, 0.6) is 0 Å². The highest BCUT2D eigenvalue weighted by molar-refractivity contribution is 6.15. The SMILES string of the molecule is CC.CCC(=O)n1c2c(c3cc(C)ccc31)CN(C)CCC2.CCl.c1ccccc1. The molecule has 0 bridgehead atoms. The molecule has 4 heteroatoms. The van der Waals surface area contributed by atoms with Gasteiger partial charge in [-0.15, -0.1) is 11.6 Å². The van der Waals surface area contributed by atoms with E-state index in [9.17, 15) is 4.79 Å². The van der Waals surface area contributed by atoms with Gasteiger partial charge in [0.2, 0.25) is 5.91 Å². The van der Waals surface area contributed by atoms with Crippen LogP contribution in [-0.4, -0.2) is 35.3 Å². The number of halogens is 1. The van der Waals surface area contributed by atoms with E-state index in [1.807, 2.05) is 61.7 Å². The van der Waals surface area contributed by atoms with Crippen molar-refractivity contribution in [1.82, 2.24) is 9.47 Å². The molecule has 0 saturated carbocycles. The lowest BCUT2D eigenvalue weighted by atomic mass is 10.1. The zero-order valence-corrected chi connectivity index (χ0v) is 20.2. The Morgan fingerprint density at radius 1 is 1.03 bits per heavy atom. The molecule has 164 valence electrons. The van der Waals surface area contributed by atoms with Gasteiger partial charge in [-0.1, -0.05) is 68.8 Å². The number of benzene rings is 2. The molecule has 1 aromatic heterocycles. The third-order valence-electron chi connectivity index (χ3n) is 4.94. The fourth-order valence-corrected chi connectivity index (χ4v) is 3.65. The van der Waals surface area contributed by atoms with Gasteiger partial charge in [0.05, 0.1) is 5.52 Å². The van der Waals surface area contributed by atoms with Gasteiger partial charge in [0.25, 0.3) is 0 Å². The Bertz CT molecular complexity index is 860. The second kappa shape index (κ2) is 14.0. The summed E-state index contributed by atoms with van der Waals surface area (Å²) in [4.78, 5) is 14.7. The second-order valence-corrected chi connectivity index (χ2v) is 7.02. The quantitative estimate of drug-likeness (QED) is 0.392. The number of hydrogen-bond acceptors (Lipinski definition) is 2. The summed E-state index contributed by atoms with van der Waals surface area (Å²) in [5.74, 6) is 0.213. The summed E-state index contributed by atoms with van der Waals surface area (Å²) in [6.45, 7) is 10.1. The summed E-state index contributed by atoms with van der Waals surface area (Å²) in [6.07, 6.45) is 4.15. The van der Waals surface area contributed by atoms with Gasteiger partial charge in [-0.05, 0) is 51.1 Å². The molecular formula is C26H37ClN2O. The minimum absolute atomic E-state index is 0.213. The summed E-state index contributed by atoms with van der Waals surface area (Å²) >= 11 is 4.64. The van der Waals surface area contributed by atoms with Crippen molar-refractivity contribution in [2.24, 2.45) is 0 Å². The molecule has 1 aliphatic rings. The molecule has 0 saturated heterocycles. The van der Waals surface area contributed by atoms with E-state index in [-0.39, 0.29) is 5.91 Å².